The van der Waals surface area contributed by atoms with E-state index in [4.69, 9.17) is 5.73 Å². The van der Waals surface area contributed by atoms with Crippen LogP contribution in [0.4, 0.5) is 8.78 Å². The van der Waals surface area contributed by atoms with E-state index in [1.807, 2.05) is 0 Å². The van der Waals surface area contributed by atoms with Crippen LogP contribution in [0, 0.1) is 17.6 Å². The third-order valence-electron chi connectivity index (χ3n) is 3.32. The van der Waals surface area contributed by atoms with Crippen molar-refractivity contribution in [1.82, 2.24) is 0 Å². The molecule has 1 fully saturated rings. The molecule has 2 rings (SSSR count). The van der Waals surface area contributed by atoms with Crippen molar-refractivity contribution in [1.29, 1.82) is 0 Å². The summed E-state index contributed by atoms with van der Waals surface area (Å²) in [6.45, 7) is 0. The maximum absolute atomic E-state index is 13.4. The van der Waals surface area contributed by atoms with Crippen LogP contribution in [-0.4, -0.2) is 11.2 Å². The van der Waals surface area contributed by atoms with Gasteiger partial charge in [0, 0.05) is 11.6 Å². The Labute approximate surface area is 93.1 Å². The summed E-state index contributed by atoms with van der Waals surface area (Å²) in [7, 11) is 0. The number of halogens is 2. The fraction of sp³-hybridized carbons (Fsp3) is 0.500. The van der Waals surface area contributed by atoms with Gasteiger partial charge in [0.15, 0.2) is 0 Å². The van der Waals surface area contributed by atoms with Gasteiger partial charge in [0.25, 0.3) is 0 Å². The van der Waals surface area contributed by atoms with E-state index in [1.165, 1.54) is 6.07 Å². The Kier molecular flexibility index (Phi) is 3.21. The average Bonchev–Trinajstić information content (AvgIpc) is 2.14. The zero-order chi connectivity index (χ0) is 11.7. The van der Waals surface area contributed by atoms with Gasteiger partial charge in [-0.1, -0.05) is 12.5 Å². The molecule has 2 nitrogen and oxygen atoms in total. The molecule has 1 aliphatic rings. The molecule has 0 spiro atoms. The molecular formula is C12H15F2NO. The van der Waals surface area contributed by atoms with E-state index in [1.54, 1.807) is 0 Å². The Balaban J connectivity index is 2.15. The fourth-order valence-electron chi connectivity index (χ4n) is 2.03. The Hall–Kier alpha value is -1.00. The van der Waals surface area contributed by atoms with Gasteiger partial charge < -0.3 is 10.8 Å². The first-order valence-corrected chi connectivity index (χ1v) is 5.48. The summed E-state index contributed by atoms with van der Waals surface area (Å²) >= 11 is 0. The average molecular weight is 227 g/mol. The molecule has 0 amide bonds. The Morgan fingerprint density at radius 2 is 2.00 bits per heavy atom. The van der Waals surface area contributed by atoms with Gasteiger partial charge in [-0.3, -0.25) is 0 Å². The van der Waals surface area contributed by atoms with Crippen molar-refractivity contribution in [2.24, 2.45) is 11.7 Å². The van der Waals surface area contributed by atoms with E-state index < -0.39 is 23.8 Å². The molecule has 2 atom stereocenters. The van der Waals surface area contributed by atoms with Gasteiger partial charge in [-0.2, -0.15) is 0 Å². The molecule has 0 unspecified atom stereocenters. The Morgan fingerprint density at radius 3 is 2.50 bits per heavy atom. The largest absolute Gasteiger partial charge is 0.391 e. The van der Waals surface area contributed by atoms with E-state index in [0.29, 0.717) is 0 Å². The van der Waals surface area contributed by atoms with Gasteiger partial charge in [0.2, 0.25) is 0 Å². The SMILES string of the molecule is N[C@H](c1ccc(F)cc1F)[C@@H](O)C1CCC1. The predicted molar refractivity (Wildman–Crippen MR) is 56.6 cm³/mol. The Bertz CT molecular complexity index is 379. The minimum Gasteiger partial charge on any atom is -0.391 e. The highest BCUT2D eigenvalue weighted by Gasteiger charge is 2.31. The van der Waals surface area contributed by atoms with Crippen molar-refractivity contribution in [3.05, 3.63) is 35.4 Å². The third kappa shape index (κ3) is 2.08. The summed E-state index contributed by atoms with van der Waals surface area (Å²) in [5.74, 6) is -1.17. The van der Waals surface area contributed by atoms with Crippen LogP contribution < -0.4 is 5.73 Å². The quantitative estimate of drug-likeness (QED) is 0.830. The minimum atomic E-state index is -0.772. The fourth-order valence-corrected chi connectivity index (χ4v) is 2.03. The molecule has 0 aliphatic heterocycles. The highest BCUT2D eigenvalue weighted by molar-refractivity contribution is 5.23. The summed E-state index contributed by atoms with van der Waals surface area (Å²) in [6, 6.07) is 2.48. The van der Waals surface area contributed by atoms with Gasteiger partial charge in [0.1, 0.15) is 11.6 Å². The topological polar surface area (TPSA) is 46.2 Å². The standard InChI is InChI=1S/C12H15F2NO/c13-8-4-5-9(10(14)6-8)11(15)12(16)7-2-1-3-7/h4-7,11-12,16H,1-3,15H2/t11-,12+/m1/s1. The van der Waals surface area contributed by atoms with Gasteiger partial charge in [-0.25, -0.2) is 8.78 Å². The zero-order valence-corrected chi connectivity index (χ0v) is 8.87. The second kappa shape index (κ2) is 4.47. The van der Waals surface area contributed by atoms with Crippen LogP contribution in [0.25, 0.3) is 0 Å². The Morgan fingerprint density at radius 1 is 1.31 bits per heavy atom. The van der Waals surface area contributed by atoms with Crippen LogP contribution in [-0.2, 0) is 0 Å². The molecule has 0 aromatic heterocycles. The van der Waals surface area contributed by atoms with Crippen LogP contribution in [0.3, 0.4) is 0 Å². The second-order valence-electron chi connectivity index (χ2n) is 4.37. The van der Waals surface area contributed by atoms with Gasteiger partial charge in [-0.05, 0) is 24.8 Å². The van der Waals surface area contributed by atoms with Crippen molar-refractivity contribution < 1.29 is 13.9 Å². The smallest absolute Gasteiger partial charge is 0.130 e. The summed E-state index contributed by atoms with van der Waals surface area (Å²) < 4.78 is 26.1. The molecule has 1 aromatic carbocycles. The summed E-state index contributed by atoms with van der Waals surface area (Å²) in [6.07, 6.45) is 2.20. The molecular weight excluding hydrogens is 212 g/mol. The highest BCUT2D eigenvalue weighted by atomic mass is 19.1. The van der Waals surface area contributed by atoms with Crippen molar-refractivity contribution in [3.63, 3.8) is 0 Å². The van der Waals surface area contributed by atoms with Crippen LogP contribution in [0.2, 0.25) is 0 Å². The van der Waals surface area contributed by atoms with Gasteiger partial charge in [0.05, 0.1) is 12.1 Å². The molecule has 1 saturated carbocycles. The van der Waals surface area contributed by atoms with Gasteiger partial charge in [-0.15, -0.1) is 0 Å². The minimum absolute atomic E-state index is 0.152. The van der Waals surface area contributed by atoms with Crippen LogP contribution in [0.5, 0.6) is 0 Å². The first kappa shape index (κ1) is 11.5. The number of nitrogens with two attached hydrogens (primary N) is 1. The predicted octanol–water partition coefficient (Wildman–Crippen LogP) is 2.13. The van der Waals surface area contributed by atoms with E-state index in [-0.39, 0.29) is 11.5 Å². The van der Waals surface area contributed by atoms with E-state index in [9.17, 15) is 13.9 Å². The molecule has 16 heavy (non-hydrogen) atoms. The van der Waals surface area contributed by atoms with Crippen LogP contribution in [0.1, 0.15) is 30.9 Å². The summed E-state index contributed by atoms with van der Waals surface area (Å²) in [5.41, 5.74) is 5.97. The summed E-state index contributed by atoms with van der Waals surface area (Å²) in [4.78, 5) is 0. The number of benzene rings is 1. The van der Waals surface area contributed by atoms with Crippen molar-refractivity contribution in [3.8, 4) is 0 Å². The van der Waals surface area contributed by atoms with Crippen molar-refractivity contribution >= 4 is 0 Å². The molecule has 1 aliphatic carbocycles. The molecule has 4 heteroatoms. The van der Waals surface area contributed by atoms with Crippen molar-refractivity contribution in [2.75, 3.05) is 0 Å². The highest BCUT2D eigenvalue weighted by Crippen LogP contribution is 2.34. The molecule has 88 valence electrons. The first-order valence-electron chi connectivity index (χ1n) is 5.48. The number of hydrogen-bond donors (Lipinski definition) is 2. The summed E-state index contributed by atoms with van der Waals surface area (Å²) in [5, 5.41) is 9.90. The van der Waals surface area contributed by atoms with Crippen LogP contribution >= 0.6 is 0 Å². The first-order chi connectivity index (χ1) is 7.59. The lowest BCUT2D eigenvalue weighted by molar-refractivity contribution is 0.0404. The number of hydrogen-bond acceptors (Lipinski definition) is 2. The zero-order valence-electron chi connectivity index (χ0n) is 8.87. The van der Waals surface area contributed by atoms with Gasteiger partial charge >= 0.3 is 0 Å². The monoisotopic (exact) mass is 227 g/mol. The second-order valence-corrected chi connectivity index (χ2v) is 4.37. The van der Waals surface area contributed by atoms with E-state index in [0.717, 1.165) is 31.4 Å². The maximum Gasteiger partial charge on any atom is 0.130 e. The molecule has 0 radical (unpaired) electrons. The van der Waals surface area contributed by atoms with Crippen molar-refractivity contribution in [2.45, 2.75) is 31.4 Å². The number of rotatable bonds is 3. The molecule has 0 bridgehead atoms. The molecule has 1 aromatic rings. The van der Waals surface area contributed by atoms with E-state index in [2.05, 4.69) is 0 Å². The molecule has 0 saturated heterocycles. The normalized spacial score (nSPS) is 20.2. The number of aliphatic hydroxyl groups excluding tert-OH is 1. The molecule has 3 N–H and O–H groups in total. The van der Waals surface area contributed by atoms with E-state index >= 15 is 0 Å². The number of aliphatic hydroxyl groups is 1. The third-order valence-corrected chi connectivity index (χ3v) is 3.32. The molecule has 0 heterocycles. The lowest BCUT2D eigenvalue weighted by atomic mass is 9.77. The maximum atomic E-state index is 13.4. The lowest BCUT2D eigenvalue weighted by Crippen LogP contribution is -2.36. The van der Waals surface area contributed by atoms with Crippen LogP contribution in [0.15, 0.2) is 18.2 Å². The lowest BCUT2D eigenvalue weighted by Gasteiger charge is -2.33.